The molecule has 0 radical (unpaired) electrons. The van der Waals surface area contributed by atoms with Crippen LogP contribution in [0.4, 0.5) is 11.4 Å². The van der Waals surface area contributed by atoms with Crippen LogP contribution in [0, 0.1) is 0 Å². The highest BCUT2D eigenvalue weighted by atomic mass is 16.1. The van der Waals surface area contributed by atoms with Crippen LogP contribution in [0.3, 0.4) is 0 Å². The number of carbonyl (C=O) groups is 1. The number of anilines is 2. The molecule has 0 atom stereocenters. The highest BCUT2D eigenvalue weighted by Gasteiger charge is 2.26. The van der Waals surface area contributed by atoms with Crippen molar-refractivity contribution in [2.24, 2.45) is 0 Å². The Morgan fingerprint density at radius 2 is 1.94 bits per heavy atom. The van der Waals surface area contributed by atoms with Crippen molar-refractivity contribution in [1.82, 2.24) is 0 Å². The molecular weight excluding hydrogens is 212 g/mol. The molecular formula is C14H14N2O. The van der Waals surface area contributed by atoms with Crippen LogP contribution in [0.2, 0.25) is 0 Å². The van der Waals surface area contributed by atoms with Crippen LogP contribution < -0.4 is 10.6 Å². The summed E-state index contributed by atoms with van der Waals surface area (Å²) in [5.74, 6) is 0. The molecule has 2 aromatic carbocycles. The van der Waals surface area contributed by atoms with Gasteiger partial charge in [0, 0.05) is 16.6 Å². The normalized spacial score (nSPS) is 16.1. The Balaban J connectivity index is 2.41. The molecule has 0 unspecified atom stereocenters. The number of nitrogens with one attached hydrogen (secondary N) is 2. The Morgan fingerprint density at radius 3 is 2.71 bits per heavy atom. The van der Waals surface area contributed by atoms with E-state index in [9.17, 15) is 4.79 Å². The van der Waals surface area contributed by atoms with Crippen molar-refractivity contribution >= 4 is 28.4 Å². The summed E-state index contributed by atoms with van der Waals surface area (Å²) in [6.45, 7) is 4.10. The number of benzene rings is 2. The van der Waals surface area contributed by atoms with Gasteiger partial charge in [-0.15, -0.1) is 0 Å². The Hall–Kier alpha value is -2.03. The largest absolute Gasteiger partial charge is 0.363 e. The molecule has 3 rings (SSSR count). The van der Waals surface area contributed by atoms with E-state index in [4.69, 9.17) is 0 Å². The third-order valence-electron chi connectivity index (χ3n) is 3.09. The summed E-state index contributed by atoms with van der Waals surface area (Å²) < 4.78 is 0. The van der Waals surface area contributed by atoms with Gasteiger partial charge in [0.25, 0.3) is 0 Å². The van der Waals surface area contributed by atoms with Gasteiger partial charge >= 0.3 is 0 Å². The minimum Gasteiger partial charge on any atom is -0.363 e. The van der Waals surface area contributed by atoms with Gasteiger partial charge in [0.15, 0.2) is 6.29 Å². The summed E-state index contributed by atoms with van der Waals surface area (Å²) in [4.78, 5) is 11.1. The number of carbonyl (C=O) groups excluding carboxylic acids is 1. The fourth-order valence-corrected chi connectivity index (χ4v) is 2.41. The minimum absolute atomic E-state index is 0.250. The second-order valence-electron chi connectivity index (χ2n) is 4.93. The van der Waals surface area contributed by atoms with Crippen molar-refractivity contribution in [1.29, 1.82) is 0 Å². The van der Waals surface area contributed by atoms with E-state index in [1.165, 1.54) is 0 Å². The zero-order valence-electron chi connectivity index (χ0n) is 9.87. The molecule has 0 saturated heterocycles. The maximum Gasteiger partial charge on any atom is 0.152 e. The highest BCUT2D eigenvalue weighted by Crippen LogP contribution is 2.39. The topological polar surface area (TPSA) is 41.1 Å². The Morgan fingerprint density at radius 1 is 1.12 bits per heavy atom. The van der Waals surface area contributed by atoms with Crippen molar-refractivity contribution in [3.05, 3.63) is 35.9 Å². The maximum absolute atomic E-state index is 11.1. The molecule has 0 spiro atoms. The second-order valence-corrected chi connectivity index (χ2v) is 4.93. The lowest BCUT2D eigenvalue weighted by Crippen LogP contribution is -2.42. The van der Waals surface area contributed by atoms with Crippen LogP contribution in [-0.4, -0.2) is 11.9 Å². The van der Waals surface area contributed by atoms with Gasteiger partial charge in [-0.25, -0.2) is 0 Å². The van der Waals surface area contributed by atoms with E-state index in [0.29, 0.717) is 5.56 Å². The van der Waals surface area contributed by atoms with Crippen LogP contribution in [-0.2, 0) is 0 Å². The van der Waals surface area contributed by atoms with E-state index >= 15 is 0 Å². The molecule has 1 aliphatic heterocycles. The first-order valence-corrected chi connectivity index (χ1v) is 5.68. The molecule has 2 N–H and O–H groups in total. The fourth-order valence-electron chi connectivity index (χ4n) is 2.41. The number of rotatable bonds is 1. The first-order chi connectivity index (χ1) is 8.11. The Labute approximate surface area is 99.8 Å². The average Bonchev–Trinajstić information content (AvgIpc) is 2.28. The predicted molar refractivity (Wildman–Crippen MR) is 70.7 cm³/mol. The lowest BCUT2D eigenvalue weighted by Gasteiger charge is -2.36. The van der Waals surface area contributed by atoms with Crippen molar-refractivity contribution in [2.75, 3.05) is 10.6 Å². The Kier molecular flexibility index (Phi) is 1.93. The maximum atomic E-state index is 11.1. The molecule has 0 aromatic heterocycles. The summed E-state index contributed by atoms with van der Waals surface area (Å²) in [5.41, 5.74) is 2.46. The first kappa shape index (κ1) is 10.1. The molecule has 17 heavy (non-hydrogen) atoms. The van der Waals surface area contributed by atoms with Gasteiger partial charge in [0.1, 0.15) is 5.66 Å². The van der Waals surface area contributed by atoms with E-state index in [1.54, 1.807) is 0 Å². The lowest BCUT2D eigenvalue weighted by atomic mass is 9.98. The van der Waals surface area contributed by atoms with Crippen molar-refractivity contribution in [2.45, 2.75) is 19.5 Å². The van der Waals surface area contributed by atoms with E-state index in [-0.39, 0.29) is 5.66 Å². The molecule has 2 aromatic rings. The lowest BCUT2D eigenvalue weighted by molar-refractivity contribution is 0.112. The van der Waals surface area contributed by atoms with Crippen LogP contribution in [0.1, 0.15) is 24.2 Å². The molecule has 0 amide bonds. The van der Waals surface area contributed by atoms with Crippen molar-refractivity contribution < 1.29 is 4.79 Å². The van der Waals surface area contributed by atoms with E-state index in [2.05, 4.69) is 30.5 Å². The molecule has 3 heteroatoms. The molecule has 0 aliphatic carbocycles. The third-order valence-corrected chi connectivity index (χ3v) is 3.09. The first-order valence-electron chi connectivity index (χ1n) is 5.68. The summed E-state index contributed by atoms with van der Waals surface area (Å²) in [6.07, 6.45) is 0.903. The van der Waals surface area contributed by atoms with Crippen molar-refractivity contribution in [3.63, 3.8) is 0 Å². The zero-order valence-corrected chi connectivity index (χ0v) is 9.87. The molecule has 1 heterocycles. The fraction of sp³-hybridized carbons (Fsp3) is 0.214. The van der Waals surface area contributed by atoms with Gasteiger partial charge in [0.2, 0.25) is 0 Å². The van der Waals surface area contributed by atoms with E-state index < -0.39 is 0 Å². The van der Waals surface area contributed by atoms with Gasteiger partial charge in [-0.3, -0.25) is 4.79 Å². The number of hydrogen-bond acceptors (Lipinski definition) is 3. The van der Waals surface area contributed by atoms with Gasteiger partial charge in [-0.1, -0.05) is 18.2 Å². The molecule has 0 fully saturated rings. The summed E-state index contributed by atoms with van der Waals surface area (Å²) in [5, 5.41) is 9.03. The van der Waals surface area contributed by atoms with Gasteiger partial charge < -0.3 is 10.6 Å². The number of hydrogen-bond donors (Lipinski definition) is 2. The predicted octanol–water partition coefficient (Wildman–Crippen LogP) is 3.23. The van der Waals surface area contributed by atoms with Gasteiger partial charge in [-0.2, -0.15) is 0 Å². The van der Waals surface area contributed by atoms with Crippen LogP contribution >= 0.6 is 0 Å². The van der Waals surface area contributed by atoms with Crippen LogP contribution in [0.5, 0.6) is 0 Å². The quantitative estimate of drug-likeness (QED) is 0.733. The van der Waals surface area contributed by atoms with E-state index in [0.717, 1.165) is 28.4 Å². The summed E-state index contributed by atoms with van der Waals surface area (Å²) in [6, 6.07) is 9.97. The SMILES string of the molecule is CC1(C)Nc2cccc3ccc(C=O)c(c23)N1. The van der Waals surface area contributed by atoms with Crippen LogP contribution in [0.15, 0.2) is 30.3 Å². The summed E-state index contributed by atoms with van der Waals surface area (Å²) >= 11 is 0. The molecule has 1 aliphatic rings. The van der Waals surface area contributed by atoms with Gasteiger partial charge in [0.05, 0.1) is 5.69 Å². The monoisotopic (exact) mass is 226 g/mol. The van der Waals surface area contributed by atoms with E-state index in [1.807, 2.05) is 24.3 Å². The Bertz CT molecular complexity index is 617. The molecule has 86 valence electrons. The molecule has 3 nitrogen and oxygen atoms in total. The highest BCUT2D eigenvalue weighted by molar-refractivity contribution is 6.10. The van der Waals surface area contributed by atoms with Gasteiger partial charge in [-0.05, 0) is 31.4 Å². The molecule has 0 saturated carbocycles. The van der Waals surface area contributed by atoms with Crippen LogP contribution in [0.25, 0.3) is 10.8 Å². The smallest absolute Gasteiger partial charge is 0.152 e. The third kappa shape index (κ3) is 1.46. The molecule has 0 bridgehead atoms. The van der Waals surface area contributed by atoms with Crippen molar-refractivity contribution in [3.8, 4) is 0 Å². The number of aldehydes is 1. The second kappa shape index (κ2) is 3.23. The zero-order chi connectivity index (χ0) is 12.0. The average molecular weight is 226 g/mol. The minimum atomic E-state index is -0.250. The summed E-state index contributed by atoms with van der Waals surface area (Å²) in [7, 11) is 0. The standard InChI is InChI=1S/C14H14N2O/c1-14(2)15-11-5-3-4-9-6-7-10(8-17)13(16-14)12(9)11/h3-8,15-16H,1-2H3.